The van der Waals surface area contributed by atoms with Gasteiger partial charge >= 0.3 is 0 Å². The highest BCUT2D eigenvalue weighted by molar-refractivity contribution is 5.98. The quantitative estimate of drug-likeness (QED) is 0.419. The number of anilines is 1. The summed E-state index contributed by atoms with van der Waals surface area (Å²) in [6.45, 7) is 6.74. The van der Waals surface area contributed by atoms with E-state index in [9.17, 15) is 4.79 Å². The summed E-state index contributed by atoms with van der Waals surface area (Å²) in [5, 5.41) is 6.85. The fourth-order valence-corrected chi connectivity index (χ4v) is 3.02. The fraction of sp³-hybridized carbons (Fsp3) is 0.600. The summed E-state index contributed by atoms with van der Waals surface area (Å²) in [5.41, 5.74) is 7.84. The van der Waals surface area contributed by atoms with Gasteiger partial charge in [0.05, 0.1) is 0 Å². The number of ketones is 1. The molecule has 2 rings (SSSR count). The molecule has 0 heterocycles. The first-order valence-corrected chi connectivity index (χ1v) is 9.40. The summed E-state index contributed by atoms with van der Waals surface area (Å²) >= 11 is 0. The normalized spacial score (nSPS) is 21.2. The van der Waals surface area contributed by atoms with Crippen molar-refractivity contribution in [2.75, 3.05) is 11.9 Å². The zero-order valence-electron chi connectivity index (χ0n) is 15.7. The third-order valence-electron chi connectivity index (χ3n) is 4.65. The van der Waals surface area contributed by atoms with Crippen molar-refractivity contribution >= 4 is 17.4 Å². The number of benzene rings is 1. The van der Waals surface area contributed by atoms with Crippen LogP contribution in [0.1, 0.15) is 63.2 Å². The smallest absolute Gasteiger partial charge is 0.196 e. The number of Topliss-reactive ketones (excluding diaryl/α,β-unsaturated/α-hetero) is 1. The Kier molecular flexibility index (Phi) is 7.44. The van der Waals surface area contributed by atoms with E-state index in [1.807, 2.05) is 24.3 Å². The van der Waals surface area contributed by atoms with Gasteiger partial charge in [-0.15, -0.1) is 0 Å². The Morgan fingerprint density at radius 2 is 2.08 bits per heavy atom. The lowest BCUT2D eigenvalue weighted by Crippen LogP contribution is -2.51. The van der Waals surface area contributed by atoms with Gasteiger partial charge < -0.3 is 16.4 Å². The van der Waals surface area contributed by atoms with Gasteiger partial charge in [-0.1, -0.05) is 38.8 Å². The summed E-state index contributed by atoms with van der Waals surface area (Å²) in [6.07, 6.45) is 5.56. The van der Waals surface area contributed by atoms with Crippen molar-refractivity contribution in [2.24, 2.45) is 16.6 Å². The molecule has 4 N–H and O–H groups in total. The van der Waals surface area contributed by atoms with Crippen molar-refractivity contribution in [3.05, 3.63) is 29.8 Å². The molecule has 138 valence electrons. The van der Waals surface area contributed by atoms with Gasteiger partial charge in [-0.3, -0.25) is 9.79 Å². The molecule has 5 nitrogen and oxygen atoms in total. The molecule has 1 aliphatic rings. The van der Waals surface area contributed by atoms with Crippen LogP contribution in [0.25, 0.3) is 0 Å². The van der Waals surface area contributed by atoms with E-state index < -0.39 is 0 Å². The van der Waals surface area contributed by atoms with E-state index in [2.05, 4.69) is 24.5 Å². The van der Waals surface area contributed by atoms with Crippen LogP contribution in [0, 0.1) is 5.92 Å². The summed E-state index contributed by atoms with van der Waals surface area (Å²) in [7, 11) is 0. The lowest BCUT2D eigenvalue weighted by molar-refractivity contribution is 0.101. The molecule has 1 aromatic carbocycles. The average Bonchev–Trinajstić information content (AvgIpc) is 2.56. The second-order valence-corrected chi connectivity index (χ2v) is 7.37. The van der Waals surface area contributed by atoms with Crippen molar-refractivity contribution in [2.45, 2.75) is 65.0 Å². The zero-order valence-corrected chi connectivity index (χ0v) is 15.7. The first-order valence-electron chi connectivity index (χ1n) is 9.40. The van der Waals surface area contributed by atoms with Gasteiger partial charge in [0, 0.05) is 29.9 Å². The van der Waals surface area contributed by atoms with Crippen LogP contribution in [-0.4, -0.2) is 30.4 Å². The predicted molar refractivity (Wildman–Crippen MR) is 105 cm³/mol. The van der Waals surface area contributed by atoms with E-state index in [1.165, 1.54) is 12.8 Å². The second kappa shape index (κ2) is 9.56. The topological polar surface area (TPSA) is 79.5 Å². The first-order chi connectivity index (χ1) is 12.0. The van der Waals surface area contributed by atoms with E-state index in [-0.39, 0.29) is 17.9 Å². The highest BCUT2D eigenvalue weighted by Crippen LogP contribution is 2.17. The lowest BCUT2D eigenvalue weighted by atomic mass is 9.91. The molecule has 25 heavy (non-hydrogen) atoms. The minimum atomic E-state index is 0.0595. The van der Waals surface area contributed by atoms with Gasteiger partial charge in [-0.2, -0.15) is 0 Å². The maximum atomic E-state index is 11.6. The molecule has 0 amide bonds. The number of rotatable bonds is 6. The highest BCUT2D eigenvalue weighted by atomic mass is 16.1. The maximum absolute atomic E-state index is 11.6. The minimum absolute atomic E-state index is 0.0595. The fourth-order valence-electron chi connectivity index (χ4n) is 3.02. The lowest BCUT2D eigenvalue weighted by Gasteiger charge is -2.30. The van der Waals surface area contributed by atoms with E-state index in [1.54, 1.807) is 6.92 Å². The van der Waals surface area contributed by atoms with Gasteiger partial charge in [0.2, 0.25) is 0 Å². The second-order valence-electron chi connectivity index (χ2n) is 7.37. The van der Waals surface area contributed by atoms with Crippen LogP contribution < -0.4 is 16.4 Å². The number of carbonyl (C=O) groups excluding carboxylic acids is 1. The summed E-state index contributed by atoms with van der Waals surface area (Å²) in [4.78, 5) is 16.3. The van der Waals surface area contributed by atoms with E-state index in [4.69, 9.17) is 10.7 Å². The molecule has 0 aliphatic heterocycles. The number of guanidine groups is 1. The summed E-state index contributed by atoms with van der Waals surface area (Å²) < 4.78 is 0. The molecule has 0 saturated heterocycles. The van der Waals surface area contributed by atoms with Crippen LogP contribution in [0.2, 0.25) is 0 Å². The molecule has 1 fully saturated rings. The van der Waals surface area contributed by atoms with Gasteiger partial charge in [0.15, 0.2) is 11.7 Å². The Balaban J connectivity index is 2.10. The summed E-state index contributed by atoms with van der Waals surface area (Å²) in [6, 6.07) is 7.94. The molecular formula is C20H32N4O. The third-order valence-corrected chi connectivity index (χ3v) is 4.65. The molecule has 5 heteroatoms. The summed E-state index contributed by atoms with van der Waals surface area (Å²) in [5.74, 6) is 1.43. The molecule has 0 bridgehead atoms. The Morgan fingerprint density at radius 1 is 1.32 bits per heavy atom. The highest BCUT2D eigenvalue weighted by Gasteiger charge is 2.22. The molecule has 1 saturated carbocycles. The number of aliphatic imine (C=N–C) groups is 1. The van der Waals surface area contributed by atoms with Crippen LogP contribution in [0.4, 0.5) is 5.69 Å². The first kappa shape index (κ1) is 19.4. The van der Waals surface area contributed by atoms with Crippen LogP contribution in [-0.2, 0) is 0 Å². The molecule has 0 aromatic heterocycles. The molecule has 0 radical (unpaired) electrons. The molecule has 0 unspecified atom stereocenters. The van der Waals surface area contributed by atoms with Gasteiger partial charge in [-0.25, -0.2) is 0 Å². The van der Waals surface area contributed by atoms with Gasteiger partial charge in [-0.05, 0) is 44.2 Å². The van der Waals surface area contributed by atoms with Crippen molar-refractivity contribution in [3.63, 3.8) is 0 Å². The Bertz CT molecular complexity index is 597. The van der Waals surface area contributed by atoms with E-state index in [0.717, 1.165) is 37.5 Å². The van der Waals surface area contributed by atoms with Crippen molar-refractivity contribution < 1.29 is 4.79 Å². The SMILES string of the molecule is CC(=O)c1cccc(NC(=NCCC(C)C)N[C@H]2CCCC[C@@H]2N)c1. The van der Waals surface area contributed by atoms with Crippen LogP contribution in [0.3, 0.4) is 0 Å². The third kappa shape index (κ3) is 6.50. The van der Waals surface area contributed by atoms with Crippen molar-refractivity contribution in [3.8, 4) is 0 Å². The monoisotopic (exact) mass is 344 g/mol. The molecule has 2 atom stereocenters. The van der Waals surface area contributed by atoms with Crippen molar-refractivity contribution in [1.29, 1.82) is 0 Å². The van der Waals surface area contributed by atoms with Crippen LogP contribution >= 0.6 is 0 Å². The number of nitrogens with zero attached hydrogens (tertiary/aromatic N) is 1. The maximum Gasteiger partial charge on any atom is 0.196 e. The zero-order chi connectivity index (χ0) is 18.2. The standard InChI is InChI=1S/C20H32N4O/c1-14(2)11-12-22-20(24-19-10-5-4-9-18(19)21)23-17-8-6-7-16(13-17)15(3)25/h6-8,13-14,18-19H,4-5,9-12,21H2,1-3H3,(H2,22,23,24)/t18-,19-/m0/s1. The number of nitrogens with one attached hydrogen (secondary N) is 2. The Hall–Kier alpha value is -1.88. The number of hydrogen-bond donors (Lipinski definition) is 3. The molecule has 0 spiro atoms. The average molecular weight is 345 g/mol. The van der Waals surface area contributed by atoms with E-state index >= 15 is 0 Å². The molecule has 1 aliphatic carbocycles. The van der Waals surface area contributed by atoms with Gasteiger partial charge in [0.25, 0.3) is 0 Å². The molecular weight excluding hydrogens is 312 g/mol. The van der Waals surface area contributed by atoms with E-state index in [0.29, 0.717) is 11.5 Å². The van der Waals surface area contributed by atoms with Crippen molar-refractivity contribution in [1.82, 2.24) is 5.32 Å². The largest absolute Gasteiger partial charge is 0.352 e. The number of carbonyl (C=O) groups is 1. The Morgan fingerprint density at radius 3 is 2.76 bits per heavy atom. The van der Waals surface area contributed by atoms with Crippen LogP contribution in [0.15, 0.2) is 29.3 Å². The van der Waals surface area contributed by atoms with Gasteiger partial charge in [0.1, 0.15) is 0 Å². The minimum Gasteiger partial charge on any atom is -0.352 e. The number of hydrogen-bond acceptors (Lipinski definition) is 3. The van der Waals surface area contributed by atoms with Crippen LogP contribution in [0.5, 0.6) is 0 Å². The number of nitrogens with two attached hydrogens (primary N) is 1. The predicted octanol–water partition coefficient (Wildman–Crippen LogP) is 3.56. The Labute approximate surface area is 151 Å². The molecule has 1 aromatic rings.